The highest BCUT2D eigenvalue weighted by Crippen LogP contribution is 2.23. The third-order valence-corrected chi connectivity index (χ3v) is 4.38. The van der Waals surface area contributed by atoms with Crippen LogP contribution in [0.3, 0.4) is 0 Å². The summed E-state index contributed by atoms with van der Waals surface area (Å²) in [6.45, 7) is 0. The fourth-order valence-electron chi connectivity index (χ4n) is 1.43. The van der Waals surface area contributed by atoms with Gasteiger partial charge < -0.3 is 5.32 Å². The summed E-state index contributed by atoms with van der Waals surface area (Å²) < 4.78 is 36.1. The summed E-state index contributed by atoms with van der Waals surface area (Å²) in [6, 6.07) is 5.88. The van der Waals surface area contributed by atoms with Crippen molar-refractivity contribution in [2.24, 2.45) is 5.14 Å². The molecule has 0 aliphatic rings. The molecule has 0 aliphatic carbocycles. The van der Waals surface area contributed by atoms with Gasteiger partial charge in [0.2, 0.25) is 10.0 Å². The zero-order valence-corrected chi connectivity index (χ0v) is 12.2. The summed E-state index contributed by atoms with van der Waals surface area (Å²) in [5.41, 5.74) is -0.0106. The minimum absolute atomic E-state index is 0.0106. The van der Waals surface area contributed by atoms with Crippen LogP contribution in [0.4, 0.5) is 10.1 Å². The van der Waals surface area contributed by atoms with E-state index in [1.807, 2.05) is 0 Å². The first-order valence-electron chi connectivity index (χ1n) is 5.16. The second-order valence-corrected chi connectivity index (χ2v) is 7.06. The van der Waals surface area contributed by atoms with Gasteiger partial charge >= 0.3 is 0 Å². The summed E-state index contributed by atoms with van der Waals surface area (Å²) in [5.74, 6) is -1.34. The number of carbonyl (C=O) groups is 1. The van der Waals surface area contributed by atoms with Crippen molar-refractivity contribution in [2.45, 2.75) is 4.90 Å². The Balaban J connectivity index is 2.30. The van der Waals surface area contributed by atoms with Crippen molar-refractivity contribution in [3.63, 3.8) is 0 Å². The smallest absolute Gasteiger partial charge is 0.265 e. The van der Waals surface area contributed by atoms with Crippen LogP contribution in [0.1, 0.15) is 9.67 Å². The van der Waals surface area contributed by atoms with Crippen LogP contribution in [0.15, 0.2) is 35.2 Å². The zero-order chi connectivity index (χ0) is 14.9. The van der Waals surface area contributed by atoms with Crippen molar-refractivity contribution in [1.29, 1.82) is 0 Å². The quantitative estimate of drug-likeness (QED) is 0.903. The summed E-state index contributed by atoms with van der Waals surface area (Å²) in [5, 5.41) is 7.29. The number of primary sulfonamides is 1. The van der Waals surface area contributed by atoms with Crippen molar-refractivity contribution >= 4 is 44.6 Å². The van der Waals surface area contributed by atoms with Crippen LogP contribution < -0.4 is 10.5 Å². The van der Waals surface area contributed by atoms with Gasteiger partial charge in [0.25, 0.3) is 5.91 Å². The lowest BCUT2D eigenvalue weighted by atomic mass is 10.3. The molecule has 0 aliphatic heterocycles. The standard InChI is InChI=1S/C11H8ClFN2O3S2/c12-10-2-1-9(19-10)11(16)15-7-3-6(13)4-8(5-7)20(14,17)18/h1-5H,(H,15,16)(H2,14,17,18). The van der Waals surface area contributed by atoms with E-state index in [9.17, 15) is 17.6 Å². The molecule has 1 heterocycles. The number of amides is 1. The van der Waals surface area contributed by atoms with Gasteiger partial charge in [-0.1, -0.05) is 11.6 Å². The number of nitrogens with one attached hydrogen (secondary N) is 1. The Labute approximate surface area is 123 Å². The number of rotatable bonds is 3. The van der Waals surface area contributed by atoms with Crippen LogP contribution in [-0.2, 0) is 10.0 Å². The molecule has 1 aromatic carbocycles. The third-order valence-electron chi connectivity index (χ3n) is 2.25. The van der Waals surface area contributed by atoms with Crippen LogP contribution >= 0.6 is 22.9 Å². The van der Waals surface area contributed by atoms with E-state index in [0.29, 0.717) is 9.21 Å². The Morgan fingerprint density at radius 3 is 2.55 bits per heavy atom. The van der Waals surface area contributed by atoms with Crippen molar-refractivity contribution < 1.29 is 17.6 Å². The van der Waals surface area contributed by atoms with E-state index in [1.165, 1.54) is 6.07 Å². The number of benzene rings is 1. The van der Waals surface area contributed by atoms with Gasteiger partial charge in [0.05, 0.1) is 14.1 Å². The topological polar surface area (TPSA) is 89.3 Å². The van der Waals surface area contributed by atoms with Crippen LogP contribution in [-0.4, -0.2) is 14.3 Å². The average Bonchev–Trinajstić information content (AvgIpc) is 2.74. The molecule has 106 valence electrons. The van der Waals surface area contributed by atoms with Crippen LogP contribution in [0, 0.1) is 5.82 Å². The highest BCUT2D eigenvalue weighted by Gasteiger charge is 2.14. The molecule has 9 heteroatoms. The lowest BCUT2D eigenvalue weighted by molar-refractivity contribution is 0.103. The Morgan fingerprint density at radius 2 is 2.00 bits per heavy atom. The molecule has 2 rings (SSSR count). The van der Waals surface area contributed by atoms with Gasteiger partial charge in [0.1, 0.15) is 5.82 Å². The van der Waals surface area contributed by atoms with E-state index in [4.69, 9.17) is 16.7 Å². The lowest BCUT2D eigenvalue weighted by Gasteiger charge is -2.06. The number of carbonyl (C=O) groups excluding carboxylic acids is 1. The minimum Gasteiger partial charge on any atom is -0.321 e. The highest BCUT2D eigenvalue weighted by atomic mass is 35.5. The number of hydrogen-bond acceptors (Lipinski definition) is 4. The maximum Gasteiger partial charge on any atom is 0.265 e. The number of thiophene rings is 1. The second kappa shape index (κ2) is 5.49. The maximum atomic E-state index is 13.3. The second-order valence-electron chi connectivity index (χ2n) is 3.78. The molecule has 1 aromatic heterocycles. The van der Waals surface area contributed by atoms with Crippen molar-refractivity contribution in [2.75, 3.05) is 5.32 Å². The van der Waals surface area contributed by atoms with Gasteiger partial charge in [0.15, 0.2) is 0 Å². The number of sulfonamides is 1. The van der Waals surface area contributed by atoms with E-state index >= 15 is 0 Å². The molecule has 2 aromatic rings. The Bertz CT molecular complexity index is 774. The molecule has 0 atom stereocenters. The van der Waals surface area contributed by atoms with E-state index in [-0.39, 0.29) is 5.69 Å². The number of hydrogen-bond donors (Lipinski definition) is 2. The van der Waals surface area contributed by atoms with Gasteiger partial charge in [-0.2, -0.15) is 0 Å². The molecule has 0 spiro atoms. The van der Waals surface area contributed by atoms with Gasteiger partial charge in [-0.25, -0.2) is 17.9 Å². The molecular weight excluding hydrogens is 327 g/mol. The molecule has 0 fully saturated rings. The molecule has 20 heavy (non-hydrogen) atoms. The van der Waals surface area contributed by atoms with E-state index in [1.54, 1.807) is 6.07 Å². The van der Waals surface area contributed by atoms with Crippen LogP contribution in [0.5, 0.6) is 0 Å². The summed E-state index contributed by atoms with van der Waals surface area (Å²) in [7, 11) is -4.05. The number of halogens is 2. The minimum atomic E-state index is -4.05. The van der Waals surface area contributed by atoms with Crippen molar-refractivity contribution in [1.82, 2.24) is 0 Å². The highest BCUT2D eigenvalue weighted by molar-refractivity contribution is 7.89. The summed E-state index contributed by atoms with van der Waals surface area (Å²) in [4.78, 5) is 11.7. The lowest BCUT2D eigenvalue weighted by Crippen LogP contribution is -2.14. The first-order chi connectivity index (χ1) is 9.25. The van der Waals surface area contributed by atoms with Gasteiger partial charge in [-0.05, 0) is 30.3 Å². The predicted octanol–water partition coefficient (Wildman–Crippen LogP) is 2.44. The zero-order valence-electron chi connectivity index (χ0n) is 9.76. The Morgan fingerprint density at radius 1 is 1.30 bits per heavy atom. The van der Waals surface area contributed by atoms with Crippen LogP contribution in [0.2, 0.25) is 4.34 Å². The van der Waals surface area contributed by atoms with E-state index < -0.39 is 26.6 Å². The third kappa shape index (κ3) is 3.54. The molecular formula is C11H8ClFN2O3S2. The normalized spacial score (nSPS) is 11.3. The SMILES string of the molecule is NS(=O)(=O)c1cc(F)cc(NC(=O)c2ccc(Cl)s2)c1. The van der Waals surface area contributed by atoms with Crippen molar-refractivity contribution in [3.05, 3.63) is 45.4 Å². The Hall–Kier alpha value is -1.48. The molecule has 0 saturated carbocycles. The van der Waals surface area contributed by atoms with Gasteiger partial charge in [-0.3, -0.25) is 4.79 Å². The molecule has 3 N–H and O–H groups in total. The van der Waals surface area contributed by atoms with E-state index in [2.05, 4.69) is 5.32 Å². The van der Waals surface area contributed by atoms with Crippen molar-refractivity contribution in [3.8, 4) is 0 Å². The van der Waals surface area contributed by atoms with E-state index in [0.717, 1.165) is 29.5 Å². The molecule has 5 nitrogen and oxygen atoms in total. The first-order valence-corrected chi connectivity index (χ1v) is 7.90. The maximum absolute atomic E-state index is 13.3. The Kier molecular flexibility index (Phi) is 4.09. The number of nitrogens with two attached hydrogens (primary N) is 1. The fourth-order valence-corrected chi connectivity index (χ4v) is 2.93. The average molecular weight is 335 g/mol. The van der Waals surface area contributed by atoms with Crippen LogP contribution in [0.25, 0.3) is 0 Å². The monoisotopic (exact) mass is 334 g/mol. The first kappa shape index (κ1) is 14.9. The predicted molar refractivity (Wildman–Crippen MR) is 75.1 cm³/mol. The largest absolute Gasteiger partial charge is 0.321 e. The fraction of sp³-hybridized carbons (Fsp3) is 0. The summed E-state index contributed by atoms with van der Waals surface area (Å²) >= 11 is 6.75. The molecule has 1 amide bonds. The molecule has 0 saturated heterocycles. The van der Waals surface area contributed by atoms with Gasteiger partial charge in [0, 0.05) is 5.69 Å². The summed E-state index contributed by atoms with van der Waals surface area (Å²) in [6.07, 6.45) is 0. The van der Waals surface area contributed by atoms with Gasteiger partial charge in [-0.15, -0.1) is 11.3 Å². The molecule has 0 bridgehead atoms. The molecule has 0 radical (unpaired) electrons. The molecule has 0 unspecified atom stereocenters. The number of anilines is 1.